The van der Waals surface area contributed by atoms with Crippen molar-refractivity contribution in [1.82, 2.24) is 19.9 Å². The number of aryl methyl sites for hydroxylation is 1. The second-order valence-corrected chi connectivity index (χ2v) is 5.38. The molecule has 0 spiro atoms. The highest BCUT2D eigenvalue weighted by molar-refractivity contribution is 6.28. The molecule has 10 heteroatoms. The first-order valence-corrected chi connectivity index (χ1v) is 7.80. The van der Waals surface area contributed by atoms with Gasteiger partial charge in [0.1, 0.15) is 0 Å². The van der Waals surface area contributed by atoms with Crippen molar-refractivity contribution in [2.45, 2.75) is 26.9 Å². The summed E-state index contributed by atoms with van der Waals surface area (Å²) >= 11 is 5.39. The molecule has 9 nitrogen and oxygen atoms in total. The number of ether oxygens (including phenoxy) is 3. The van der Waals surface area contributed by atoms with Crippen LogP contribution in [0.2, 0.25) is 5.28 Å². The van der Waals surface area contributed by atoms with E-state index in [4.69, 9.17) is 16.3 Å². The molecular formula is C16H19ClN4O5. The lowest BCUT2D eigenvalue weighted by Crippen LogP contribution is -2.11. The van der Waals surface area contributed by atoms with Crippen molar-refractivity contribution >= 4 is 23.5 Å². The van der Waals surface area contributed by atoms with Gasteiger partial charge in [-0.3, -0.25) is 0 Å². The first kappa shape index (κ1) is 21.2. The molecule has 0 aliphatic carbocycles. The van der Waals surface area contributed by atoms with Gasteiger partial charge in [-0.15, -0.1) is 0 Å². The minimum atomic E-state index is -0.471. The van der Waals surface area contributed by atoms with Gasteiger partial charge in [0.05, 0.1) is 37.1 Å². The third-order valence-corrected chi connectivity index (χ3v) is 2.94. The van der Waals surface area contributed by atoms with Crippen LogP contribution in [0.15, 0.2) is 18.6 Å². The predicted molar refractivity (Wildman–Crippen MR) is 92.3 cm³/mol. The fourth-order valence-electron chi connectivity index (χ4n) is 1.56. The van der Waals surface area contributed by atoms with Gasteiger partial charge in [-0.1, -0.05) is 0 Å². The molecule has 0 fully saturated rings. The Hall–Kier alpha value is -2.81. The van der Waals surface area contributed by atoms with Crippen LogP contribution in [-0.4, -0.2) is 52.2 Å². The number of carbonyl (C=O) groups is 2. The van der Waals surface area contributed by atoms with E-state index in [-0.39, 0.29) is 23.0 Å². The van der Waals surface area contributed by atoms with E-state index in [2.05, 4.69) is 29.4 Å². The molecule has 0 atom stereocenters. The smallest absolute Gasteiger partial charge is 0.341 e. The fourth-order valence-corrected chi connectivity index (χ4v) is 1.66. The minimum Gasteiger partial charge on any atom is -0.465 e. The first-order chi connectivity index (χ1) is 12.3. The number of methoxy groups -OCH3 is 2. The summed E-state index contributed by atoms with van der Waals surface area (Å²) < 4.78 is 14.3. The Balaban J connectivity index is 0.000000273. The third-order valence-electron chi connectivity index (χ3n) is 2.75. The number of esters is 2. The van der Waals surface area contributed by atoms with Crippen LogP contribution >= 0.6 is 11.6 Å². The summed E-state index contributed by atoms with van der Waals surface area (Å²) in [5.41, 5.74) is 1.19. The number of hydrogen-bond acceptors (Lipinski definition) is 9. The largest absolute Gasteiger partial charge is 0.465 e. The zero-order chi connectivity index (χ0) is 19.7. The SMILES string of the molecule is COC(=O)c1cnc(Cl)nc1.COC(=O)c1cnc(OC(C)C)nc1C. The summed E-state index contributed by atoms with van der Waals surface area (Å²) in [6, 6.07) is 0.273. The molecule has 0 saturated heterocycles. The predicted octanol–water partition coefficient (Wildman–Crippen LogP) is 2.28. The van der Waals surface area contributed by atoms with E-state index in [1.54, 1.807) is 6.92 Å². The summed E-state index contributed by atoms with van der Waals surface area (Å²) in [5, 5.41) is 0.109. The quantitative estimate of drug-likeness (QED) is 0.580. The van der Waals surface area contributed by atoms with Gasteiger partial charge in [0.2, 0.25) is 5.28 Å². The fraction of sp³-hybridized carbons (Fsp3) is 0.375. The molecule has 0 unspecified atom stereocenters. The number of aromatic nitrogens is 4. The van der Waals surface area contributed by atoms with Gasteiger partial charge in [0, 0.05) is 18.6 Å². The van der Waals surface area contributed by atoms with Gasteiger partial charge in [-0.05, 0) is 32.4 Å². The Morgan fingerprint density at radius 3 is 2.04 bits per heavy atom. The summed E-state index contributed by atoms with van der Waals surface area (Å²) in [6.07, 6.45) is 4.03. The second-order valence-electron chi connectivity index (χ2n) is 5.04. The Bertz CT molecular complexity index is 753. The van der Waals surface area contributed by atoms with Crippen molar-refractivity contribution < 1.29 is 23.8 Å². The molecule has 0 bridgehead atoms. The van der Waals surface area contributed by atoms with Gasteiger partial charge in [-0.25, -0.2) is 24.5 Å². The molecule has 2 heterocycles. The van der Waals surface area contributed by atoms with Crippen molar-refractivity contribution in [3.05, 3.63) is 40.7 Å². The number of carbonyl (C=O) groups excluding carboxylic acids is 2. The van der Waals surface area contributed by atoms with Crippen molar-refractivity contribution in [3.63, 3.8) is 0 Å². The first-order valence-electron chi connectivity index (χ1n) is 7.43. The molecule has 2 aromatic rings. The van der Waals surface area contributed by atoms with E-state index >= 15 is 0 Å². The lowest BCUT2D eigenvalue weighted by Gasteiger charge is -2.08. The van der Waals surface area contributed by atoms with Gasteiger partial charge in [0.25, 0.3) is 0 Å². The topological polar surface area (TPSA) is 113 Å². The molecule has 140 valence electrons. The molecule has 0 saturated carbocycles. The molecule has 0 aliphatic heterocycles. The van der Waals surface area contributed by atoms with Crippen LogP contribution in [0.4, 0.5) is 0 Å². The number of nitrogens with zero attached hydrogens (tertiary/aromatic N) is 4. The van der Waals surface area contributed by atoms with Crippen molar-refractivity contribution in [3.8, 4) is 6.01 Å². The molecule has 0 aliphatic rings. The van der Waals surface area contributed by atoms with Gasteiger partial charge < -0.3 is 14.2 Å². The molecule has 0 N–H and O–H groups in total. The van der Waals surface area contributed by atoms with Gasteiger partial charge in [0.15, 0.2) is 0 Å². The van der Waals surface area contributed by atoms with E-state index in [1.165, 1.54) is 32.8 Å². The van der Waals surface area contributed by atoms with Crippen LogP contribution in [0.3, 0.4) is 0 Å². The van der Waals surface area contributed by atoms with E-state index in [0.717, 1.165) is 0 Å². The zero-order valence-corrected chi connectivity index (χ0v) is 15.8. The Labute approximate surface area is 155 Å². The van der Waals surface area contributed by atoms with Gasteiger partial charge in [-0.2, -0.15) is 4.98 Å². The van der Waals surface area contributed by atoms with Crippen LogP contribution < -0.4 is 4.74 Å². The zero-order valence-electron chi connectivity index (χ0n) is 15.0. The van der Waals surface area contributed by atoms with Crippen LogP contribution in [0.1, 0.15) is 40.3 Å². The van der Waals surface area contributed by atoms with E-state index in [0.29, 0.717) is 11.3 Å². The van der Waals surface area contributed by atoms with Crippen LogP contribution in [0, 0.1) is 6.92 Å². The Morgan fingerprint density at radius 1 is 1.00 bits per heavy atom. The second kappa shape index (κ2) is 10.2. The summed E-state index contributed by atoms with van der Waals surface area (Å²) in [5.74, 6) is -0.912. The molecule has 2 rings (SSSR count). The highest BCUT2D eigenvalue weighted by atomic mass is 35.5. The Morgan fingerprint density at radius 2 is 1.58 bits per heavy atom. The molecule has 0 amide bonds. The highest BCUT2D eigenvalue weighted by Gasteiger charge is 2.12. The maximum atomic E-state index is 11.2. The van der Waals surface area contributed by atoms with Crippen LogP contribution in [0.5, 0.6) is 6.01 Å². The lowest BCUT2D eigenvalue weighted by atomic mass is 10.2. The monoisotopic (exact) mass is 382 g/mol. The summed E-state index contributed by atoms with van der Waals surface area (Å²) in [4.78, 5) is 37.2. The van der Waals surface area contributed by atoms with Crippen molar-refractivity contribution in [2.75, 3.05) is 14.2 Å². The highest BCUT2D eigenvalue weighted by Crippen LogP contribution is 2.10. The standard InChI is InChI=1S/C10H14N2O3.C6H5ClN2O2/c1-6(2)15-10-11-5-8(7(3)12-10)9(13)14-4;1-11-5(10)4-2-8-6(7)9-3-4/h5-6H,1-4H3;2-3H,1H3. The molecule has 2 aromatic heterocycles. The third kappa shape index (κ3) is 6.60. The maximum Gasteiger partial charge on any atom is 0.341 e. The molecule has 0 radical (unpaired) electrons. The minimum absolute atomic E-state index is 0.00776. The number of halogens is 1. The van der Waals surface area contributed by atoms with Crippen LogP contribution in [-0.2, 0) is 9.47 Å². The average Bonchev–Trinajstić information content (AvgIpc) is 2.61. The number of hydrogen-bond donors (Lipinski definition) is 0. The van der Waals surface area contributed by atoms with E-state index in [1.807, 2.05) is 13.8 Å². The molecule has 26 heavy (non-hydrogen) atoms. The Kier molecular flexibility index (Phi) is 8.36. The number of rotatable bonds is 4. The normalized spacial score (nSPS) is 9.81. The lowest BCUT2D eigenvalue weighted by molar-refractivity contribution is 0.0590. The maximum absolute atomic E-state index is 11.2. The summed E-state index contributed by atoms with van der Waals surface area (Å²) in [7, 11) is 2.61. The van der Waals surface area contributed by atoms with Crippen molar-refractivity contribution in [2.24, 2.45) is 0 Å². The summed E-state index contributed by atoms with van der Waals surface area (Å²) in [6.45, 7) is 5.47. The van der Waals surface area contributed by atoms with Crippen LogP contribution in [0.25, 0.3) is 0 Å². The van der Waals surface area contributed by atoms with Gasteiger partial charge >= 0.3 is 17.9 Å². The average molecular weight is 383 g/mol. The van der Waals surface area contributed by atoms with E-state index in [9.17, 15) is 9.59 Å². The van der Waals surface area contributed by atoms with Crippen molar-refractivity contribution in [1.29, 1.82) is 0 Å². The molecular weight excluding hydrogens is 364 g/mol. The molecule has 0 aromatic carbocycles. The van der Waals surface area contributed by atoms with E-state index < -0.39 is 11.9 Å².